The zero-order valence-corrected chi connectivity index (χ0v) is 37.7. The lowest BCUT2D eigenvalue weighted by molar-refractivity contribution is -0.145. The number of carbonyl (C=O) groups is 3. The van der Waals surface area contributed by atoms with E-state index in [1.165, 1.54) is 16.2 Å². The Morgan fingerprint density at radius 1 is 1.00 bits per heavy atom. The molecule has 4 heterocycles. The quantitative estimate of drug-likeness (QED) is 0.0838. The van der Waals surface area contributed by atoms with E-state index in [0.29, 0.717) is 34.0 Å². The lowest BCUT2D eigenvalue weighted by Crippen LogP contribution is -2.59. The Balaban J connectivity index is 0.919. The first-order valence-electron chi connectivity index (χ1n) is 21.8. The van der Waals surface area contributed by atoms with Crippen LogP contribution in [-0.4, -0.2) is 109 Å². The maximum Gasteiger partial charge on any atom is 0.258 e. The molecule has 6 N–H and O–H groups in total. The molecule has 1 aliphatic carbocycles. The molecule has 3 amide bonds. The Bertz CT molecular complexity index is 2590. The normalized spacial score (nSPS) is 19.0. The summed E-state index contributed by atoms with van der Waals surface area (Å²) in [7, 11) is 0. The van der Waals surface area contributed by atoms with E-state index < -0.39 is 47.0 Å². The molecule has 16 nitrogen and oxygen atoms in total. The predicted octanol–water partition coefficient (Wildman–Crippen LogP) is 6.21. The highest BCUT2D eigenvalue weighted by Crippen LogP contribution is 2.41. The van der Waals surface area contributed by atoms with Crippen LogP contribution in [0.2, 0.25) is 0 Å². The van der Waals surface area contributed by atoms with Crippen LogP contribution < -0.4 is 21.3 Å². The number of carbonyl (C=O) groups excluding carboxylic acids is 3. The molecule has 65 heavy (non-hydrogen) atoms. The van der Waals surface area contributed by atoms with Gasteiger partial charge in [-0.2, -0.15) is 10.2 Å². The number of phenols is 1. The number of amides is 3. The number of aliphatic hydroxyl groups is 1. The highest BCUT2D eigenvalue weighted by molar-refractivity contribution is 7.13. The van der Waals surface area contributed by atoms with Crippen LogP contribution in [0.5, 0.6) is 5.75 Å². The second kappa shape index (κ2) is 18.6. The number of anilines is 2. The molecule has 3 aliphatic rings. The molecule has 0 radical (unpaired) electrons. The van der Waals surface area contributed by atoms with Crippen molar-refractivity contribution in [2.45, 2.75) is 83.9 Å². The molecule has 0 spiro atoms. The monoisotopic (exact) mass is 903 g/mol. The number of aliphatic hydroxyl groups excluding tert-OH is 1. The number of nitrogens with one attached hydrogen (secondary N) is 2. The minimum atomic E-state index is -1.98. The number of nitrogens with two attached hydrogens (primary N) is 1. The first kappa shape index (κ1) is 45.2. The number of nitrogen functional groups attached to an aromatic ring is 1. The standard InChI is InChI=1S/C47H54FN11O5S/c1-28-40(65-27-51-28)30-11-12-31(24-50-43(62)38-22-33(60)26-59(38)44(63)41(46(2,3)4)52-45(64)47(48)15-16-47)35(21-30)54-53-32-13-9-29(10-14-32)25-57-17-19-58(20-18-57)37-23-36(55-56-42(37)49)34-7-5-6-8-39(34)61/h5-14,21,23,27,33,38,41,60-61H,15-20,22,24-26H2,1-4H3,(H2,49,56)(H,50,62)(H,52,64)/b54-53+/t33-,38+,41+/m0/s1. The number of hydrogen-bond donors (Lipinski definition) is 5. The van der Waals surface area contributed by atoms with Gasteiger partial charge in [0.05, 0.1) is 44.9 Å². The van der Waals surface area contributed by atoms with Gasteiger partial charge in [0.25, 0.3) is 5.91 Å². The van der Waals surface area contributed by atoms with Gasteiger partial charge in [-0.05, 0) is 78.3 Å². The maximum absolute atomic E-state index is 14.7. The average Bonchev–Trinajstić information content (AvgIpc) is 3.70. The van der Waals surface area contributed by atoms with Gasteiger partial charge in [0.2, 0.25) is 11.8 Å². The number of aromatic nitrogens is 3. The second-order valence-corrected chi connectivity index (χ2v) is 19.0. The molecule has 340 valence electrons. The molecule has 18 heteroatoms. The second-order valence-electron chi connectivity index (χ2n) is 18.1. The van der Waals surface area contributed by atoms with Crippen molar-refractivity contribution in [2.24, 2.45) is 15.6 Å². The number of halogens is 1. The maximum atomic E-state index is 14.7. The summed E-state index contributed by atoms with van der Waals surface area (Å²) < 4.78 is 14.7. The number of piperazine rings is 1. The van der Waals surface area contributed by atoms with E-state index >= 15 is 0 Å². The zero-order chi connectivity index (χ0) is 46.0. The van der Waals surface area contributed by atoms with Crippen LogP contribution >= 0.6 is 11.3 Å². The molecule has 1 saturated carbocycles. The highest BCUT2D eigenvalue weighted by atomic mass is 32.1. The third-order valence-electron chi connectivity index (χ3n) is 12.2. The van der Waals surface area contributed by atoms with Crippen molar-refractivity contribution in [1.82, 2.24) is 35.6 Å². The van der Waals surface area contributed by atoms with Crippen molar-refractivity contribution in [3.63, 3.8) is 0 Å². The molecular weight excluding hydrogens is 850 g/mol. The Morgan fingerprint density at radius 3 is 2.42 bits per heavy atom. The number of likely N-dealkylation sites (tertiary alicyclic amines) is 1. The van der Waals surface area contributed by atoms with Crippen LogP contribution in [0.4, 0.5) is 27.3 Å². The van der Waals surface area contributed by atoms with E-state index in [2.05, 4.69) is 45.8 Å². The summed E-state index contributed by atoms with van der Waals surface area (Å²) in [6.07, 6.45) is -0.734. The zero-order valence-electron chi connectivity index (χ0n) is 36.9. The minimum Gasteiger partial charge on any atom is -0.507 e. The molecule has 3 aromatic carbocycles. The first-order valence-corrected chi connectivity index (χ1v) is 22.6. The van der Waals surface area contributed by atoms with E-state index in [9.17, 15) is 29.0 Å². The van der Waals surface area contributed by atoms with Crippen molar-refractivity contribution >= 4 is 51.9 Å². The van der Waals surface area contributed by atoms with Gasteiger partial charge in [-0.25, -0.2) is 9.37 Å². The van der Waals surface area contributed by atoms with Crippen molar-refractivity contribution in [3.05, 3.63) is 95.1 Å². The minimum absolute atomic E-state index is 0.0128. The Morgan fingerprint density at radius 2 is 1.74 bits per heavy atom. The SMILES string of the molecule is Cc1ncsc1-c1ccc(CNC(=O)[C@H]2C[C@H](O)CN2C(=O)[C@@H](NC(=O)C2(F)CC2)C(C)(C)C)c(/N=N/c2ccc(CN3CCN(c4cc(-c5ccccc5O)nnc4N)CC3)cc2)c1. The molecule has 2 aromatic heterocycles. The van der Waals surface area contributed by atoms with Gasteiger partial charge in [0.1, 0.15) is 17.8 Å². The topological polar surface area (TPSA) is 215 Å². The lowest BCUT2D eigenvalue weighted by atomic mass is 9.85. The van der Waals surface area contributed by atoms with Crippen LogP contribution in [-0.2, 0) is 27.5 Å². The summed E-state index contributed by atoms with van der Waals surface area (Å²) in [6, 6.07) is 20.4. The summed E-state index contributed by atoms with van der Waals surface area (Å²) in [5.74, 6) is -1.38. The molecule has 2 aliphatic heterocycles. The predicted molar refractivity (Wildman–Crippen MR) is 246 cm³/mol. The molecule has 0 unspecified atom stereocenters. The number of aryl methyl sites for hydroxylation is 1. The first-order chi connectivity index (χ1) is 31.1. The van der Waals surface area contributed by atoms with Gasteiger partial charge in [0.15, 0.2) is 11.5 Å². The summed E-state index contributed by atoms with van der Waals surface area (Å²) in [6.45, 7) is 11.0. The van der Waals surface area contributed by atoms with Gasteiger partial charge in [-0.3, -0.25) is 19.3 Å². The van der Waals surface area contributed by atoms with E-state index in [0.717, 1.165) is 60.1 Å². The van der Waals surface area contributed by atoms with Gasteiger partial charge in [-0.1, -0.05) is 57.2 Å². The summed E-state index contributed by atoms with van der Waals surface area (Å²) in [5.41, 5.74) is 12.0. The van der Waals surface area contributed by atoms with Crippen molar-refractivity contribution in [2.75, 3.05) is 43.4 Å². The molecule has 0 bridgehead atoms. The van der Waals surface area contributed by atoms with Crippen LogP contribution in [0.1, 0.15) is 56.9 Å². The van der Waals surface area contributed by atoms with Gasteiger partial charge in [0, 0.05) is 57.8 Å². The number of thiazole rings is 1. The van der Waals surface area contributed by atoms with E-state index in [1.807, 2.05) is 61.5 Å². The number of para-hydroxylation sites is 1. The number of aromatic hydroxyl groups is 1. The van der Waals surface area contributed by atoms with Gasteiger partial charge in [-0.15, -0.1) is 21.5 Å². The number of rotatable bonds is 13. The molecule has 2 saturated heterocycles. The molecule has 5 aromatic rings. The van der Waals surface area contributed by atoms with E-state index in [-0.39, 0.29) is 38.1 Å². The summed E-state index contributed by atoms with van der Waals surface area (Å²) >= 11 is 1.51. The number of β-amino-alcohol motifs (C(OH)–C–C–N with tert-alkyl or cyclic N) is 1. The molecule has 8 rings (SSSR count). The third-order valence-corrected chi connectivity index (χ3v) is 13.2. The number of azo groups is 1. The smallest absolute Gasteiger partial charge is 0.258 e. The van der Waals surface area contributed by atoms with E-state index in [4.69, 9.17) is 5.73 Å². The fraction of sp³-hybridized carbons (Fsp3) is 0.404. The van der Waals surface area contributed by atoms with Crippen LogP contribution in [0.25, 0.3) is 21.7 Å². The summed E-state index contributed by atoms with van der Waals surface area (Å²) in [4.78, 5) is 51.7. The fourth-order valence-electron chi connectivity index (χ4n) is 8.20. The van der Waals surface area contributed by atoms with Crippen LogP contribution in [0.15, 0.2) is 88.5 Å². The molecular formula is C47H54FN11O5S. The number of hydrogen-bond acceptors (Lipinski definition) is 14. The largest absolute Gasteiger partial charge is 0.507 e. The molecule has 3 atom stereocenters. The summed E-state index contributed by atoms with van der Waals surface area (Å²) in [5, 5.41) is 44.2. The lowest BCUT2D eigenvalue weighted by Gasteiger charge is -2.36. The Kier molecular flexibility index (Phi) is 12.9. The van der Waals surface area contributed by atoms with E-state index in [1.54, 1.807) is 44.5 Å². The number of nitrogens with zero attached hydrogens (tertiary/aromatic N) is 8. The average molecular weight is 904 g/mol. The Hall–Kier alpha value is -6.37. The van der Waals surface area contributed by atoms with Gasteiger partial charge < -0.3 is 36.4 Å². The highest BCUT2D eigenvalue weighted by Gasteiger charge is 2.53. The number of benzene rings is 3. The Labute approximate surface area is 380 Å². The fourth-order valence-corrected chi connectivity index (χ4v) is 9.00. The number of alkyl halides is 1. The molecule has 3 fully saturated rings. The van der Waals surface area contributed by atoms with Crippen molar-refractivity contribution in [1.29, 1.82) is 0 Å². The van der Waals surface area contributed by atoms with Crippen LogP contribution in [0.3, 0.4) is 0 Å². The van der Waals surface area contributed by atoms with Crippen LogP contribution in [0, 0.1) is 12.3 Å². The third kappa shape index (κ3) is 10.3. The number of phenolic OH excluding ortho intramolecular Hbond substituents is 1. The van der Waals surface area contributed by atoms with Gasteiger partial charge >= 0.3 is 0 Å². The van der Waals surface area contributed by atoms with Crippen molar-refractivity contribution in [3.8, 4) is 27.4 Å². The van der Waals surface area contributed by atoms with Crippen molar-refractivity contribution < 1.29 is 29.0 Å².